The predicted molar refractivity (Wildman–Crippen MR) is 174 cm³/mol. The van der Waals surface area contributed by atoms with Gasteiger partial charge in [-0.3, -0.25) is 10.1 Å². The Morgan fingerprint density at radius 3 is 2.41 bits per heavy atom. The fourth-order valence-corrected chi connectivity index (χ4v) is 6.24. The first-order valence-electron chi connectivity index (χ1n) is 15.5. The average molecular weight is 595 g/mol. The van der Waals surface area contributed by atoms with E-state index in [2.05, 4.69) is 81.8 Å². The Balaban J connectivity index is 0.947. The lowest BCUT2D eigenvalue weighted by Crippen LogP contribution is -2.47. The minimum atomic E-state index is -0.440. The summed E-state index contributed by atoms with van der Waals surface area (Å²) in [7, 11) is 0. The molecule has 0 spiro atoms. The molecule has 3 heterocycles. The molecule has 6 rings (SSSR count). The Labute approximate surface area is 259 Å². The molecule has 4 aromatic rings. The minimum absolute atomic E-state index is 0.00474. The van der Waals surface area contributed by atoms with Crippen LogP contribution in [0.1, 0.15) is 29.5 Å². The van der Waals surface area contributed by atoms with Gasteiger partial charge in [0.1, 0.15) is 5.75 Å². The van der Waals surface area contributed by atoms with E-state index in [9.17, 15) is 15.2 Å². The Morgan fingerprint density at radius 2 is 1.68 bits per heavy atom. The SMILES string of the molecule is Cc1cn2c(c(NCCCN3CCN(CCCNCc4cc([N+](=O)[O-])ccc4O)CC3)nc3ccccc32)c1[C]1[CH][CH][CH][CH]1. The van der Waals surface area contributed by atoms with Crippen molar-refractivity contribution in [2.75, 3.05) is 57.7 Å². The average Bonchev–Trinajstić information content (AvgIpc) is 3.68. The summed E-state index contributed by atoms with van der Waals surface area (Å²) in [5.41, 5.74) is 6.27. The van der Waals surface area contributed by atoms with E-state index >= 15 is 0 Å². The van der Waals surface area contributed by atoms with E-state index in [1.807, 2.05) is 6.07 Å². The Morgan fingerprint density at radius 1 is 0.977 bits per heavy atom. The van der Waals surface area contributed by atoms with Crippen molar-refractivity contribution < 1.29 is 10.0 Å². The lowest BCUT2D eigenvalue weighted by molar-refractivity contribution is -0.384. The third kappa shape index (κ3) is 6.82. The van der Waals surface area contributed by atoms with Gasteiger partial charge in [-0.2, -0.15) is 0 Å². The largest absolute Gasteiger partial charge is 0.508 e. The standard InChI is InChI=1S/C34H40N7O3/c1-25-24-40-30-11-5-4-10-29(30)37-34(33(40)32(25)26-8-2-3-9-26)36-15-7-17-39-20-18-38(19-21-39)16-6-14-35-23-27-22-28(41(43)44)12-13-31(27)42/h2-5,8-13,22,24,35,42H,6-7,14-21,23H2,1H3,(H,36,37). The predicted octanol–water partition coefficient (Wildman–Crippen LogP) is 4.76. The summed E-state index contributed by atoms with van der Waals surface area (Å²) in [5, 5.41) is 28.0. The number of aromatic nitrogens is 2. The van der Waals surface area contributed by atoms with E-state index in [4.69, 9.17) is 4.98 Å². The second-order valence-corrected chi connectivity index (χ2v) is 11.6. The van der Waals surface area contributed by atoms with Crippen molar-refractivity contribution in [3.8, 4) is 5.75 Å². The van der Waals surface area contributed by atoms with Gasteiger partial charge in [0.2, 0.25) is 0 Å². The van der Waals surface area contributed by atoms with Crippen LogP contribution in [0.25, 0.3) is 16.6 Å². The monoisotopic (exact) mass is 594 g/mol. The zero-order valence-corrected chi connectivity index (χ0v) is 25.2. The van der Waals surface area contributed by atoms with Crippen LogP contribution >= 0.6 is 0 Å². The van der Waals surface area contributed by atoms with Crippen molar-refractivity contribution in [3.05, 3.63) is 107 Å². The highest BCUT2D eigenvalue weighted by Crippen LogP contribution is 2.39. The van der Waals surface area contributed by atoms with Crippen LogP contribution in [0, 0.1) is 48.6 Å². The van der Waals surface area contributed by atoms with Crippen molar-refractivity contribution in [1.29, 1.82) is 0 Å². The van der Waals surface area contributed by atoms with Crippen molar-refractivity contribution in [2.24, 2.45) is 0 Å². The highest BCUT2D eigenvalue weighted by molar-refractivity contribution is 5.89. The number of rotatable bonds is 13. The maximum absolute atomic E-state index is 11.0. The van der Waals surface area contributed by atoms with Gasteiger partial charge in [0.05, 0.1) is 21.5 Å². The summed E-state index contributed by atoms with van der Waals surface area (Å²) >= 11 is 0. The normalized spacial score (nSPS) is 16.8. The van der Waals surface area contributed by atoms with Crippen LogP contribution in [0.3, 0.4) is 0 Å². The first-order valence-corrected chi connectivity index (χ1v) is 15.5. The molecule has 0 bridgehead atoms. The fraction of sp³-hybridized carbons (Fsp3) is 0.353. The zero-order valence-electron chi connectivity index (χ0n) is 25.2. The molecule has 2 aliphatic rings. The number of nitrogens with one attached hydrogen (secondary N) is 2. The molecule has 0 amide bonds. The first-order chi connectivity index (χ1) is 21.5. The second kappa shape index (κ2) is 13.9. The molecular formula is C34H40N7O3. The van der Waals surface area contributed by atoms with Gasteiger partial charge in [0, 0.05) is 69.1 Å². The number of aryl methyl sites for hydroxylation is 1. The number of fused-ring (bicyclic) bond motifs is 3. The van der Waals surface area contributed by atoms with E-state index in [1.165, 1.54) is 35.2 Å². The number of nitrogens with zero attached hydrogens (tertiary/aromatic N) is 5. The molecule has 44 heavy (non-hydrogen) atoms. The van der Waals surface area contributed by atoms with E-state index in [-0.39, 0.29) is 11.4 Å². The van der Waals surface area contributed by atoms with Crippen LogP contribution in [0.5, 0.6) is 5.75 Å². The number of phenols is 1. The number of nitro benzene ring substituents is 1. The Hall–Kier alpha value is -3.73. The van der Waals surface area contributed by atoms with Gasteiger partial charge in [-0.1, -0.05) is 12.1 Å². The summed E-state index contributed by atoms with van der Waals surface area (Å²) in [6.07, 6.45) is 12.8. The Kier molecular flexibility index (Phi) is 9.59. The van der Waals surface area contributed by atoms with Crippen LogP contribution in [-0.4, -0.2) is 81.6 Å². The molecule has 229 valence electrons. The van der Waals surface area contributed by atoms with Crippen molar-refractivity contribution in [3.63, 3.8) is 0 Å². The minimum Gasteiger partial charge on any atom is -0.508 e. The van der Waals surface area contributed by atoms with Crippen LogP contribution in [0.15, 0.2) is 48.7 Å². The van der Waals surface area contributed by atoms with Crippen LogP contribution in [0.4, 0.5) is 11.5 Å². The molecule has 1 aliphatic carbocycles. The molecule has 2 aromatic heterocycles. The molecule has 3 N–H and O–H groups in total. The molecule has 0 atom stereocenters. The number of hydrogen-bond acceptors (Lipinski definition) is 8. The lowest BCUT2D eigenvalue weighted by Gasteiger charge is -2.34. The zero-order chi connectivity index (χ0) is 30.5. The van der Waals surface area contributed by atoms with Gasteiger partial charge >= 0.3 is 0 Å². The lowest BCUT2D eigenvalue weighted by atomic mass is 9.95. The molecule has 5 radical (unpaired) electrons. The topological polar surface area (TPSA) is 111 Å². The van der Waals surface area contributed by atoms with Gasteiger partial charge in [0.15, 0.2) is 5.82 Å². The summed E-state index contributed by atoms with van der Waals surface area (Å²) in [5.74, 6) is 2.24. The van der Waals surface area contributed by atoms with Crippen LogP contribution < -0.4 is 10.6 Å². The number of piperazine rings is 1. The highest BCUT2D eigenvalue weighted by Gasteiger charge is 2.26. The third-order valence-corrected chi connectivity index (χ3v) is 8.57. The quantitative estimate of drug-likeness (QED) is 0.115. The summed E-state index contributed by atoms with van der Waals surface area (Å²) < 4.78 is 2.29. The fourth-order valence-electron chi connectivity index (χ4n) is 6.24. The number of hydrogen-bond donors (Lipinski definition) is 3. The Bertz CT molecular complexity index is 1590. The second-order valence-electron chi connectivity index (χ2n) is 11.6. The molecule has 1 aliphatic heterocycles. The molecule has 1 saturated heterocycles. The van der Waals surface area contributed by atoms with Crippen molar-refractivity contribution in [1.82, 2.24) is 24.5 Å². The van der Waals surface area contributed by atoms with Gasteiger partial charge in [-0.25, -0.2) is 4.98 Å². The smallest absolute Gasteiger partial charge is 0.270 e. The summed E-state index contributed by atoms with van der Waals surface area (Å²) in [6, 6.07) is 12.5. The van der Waals surface area contributed by atoms with Gasteiger partial charge in [-0.05, 0) is 94.4 Å². The first kappa shape index (κ1) is 30.3. The highest BCUT2D eigenvalue weighted by atomic mass is 16.6. The molecular weight excluding hydrogens is 554 g/mol. The molecule has 10 nitrogen and oxygen atoms in total. The molecule has 10 heteroatoms. The maximum atomic E-state index is 11.0. The van der Waals surface area contributed by atoms with Gasteiger partial charge < -0.3 is 29.9 Å². The molecule has 2 aromatic carbocycles. The molecule has 0 unspecified atom stereocenters. The maximum Gasteiger partial charge on any atom is 0.270 e. The number of aromatic hydroxyl groups is 1. The number of non-ortho nitro benzene ring substituents is 1. The van der Waals surface area contributed by atoms with Crippen molar-refractivity contribution >= 4 is 28.1 Å². The summed E-state index contributed by atoms with van der Waals surface area (Å²) in [6.45, 7) is 10.5. The van der Waals surface area contributed by atoms with Crippen LogP contribution in [-0.2, 0) is 6.54 Å². The van der Waals surface area contributed by atoms with Crippen molar-refractivity contribution in [2.45, 2.75) is 26.3 Å². The molecule has 2 fully saturated rings. The van der Waals surface area contributed by atoms with Gasteiger partial charge in [-0.15, -0.1) is 0 Å². The number of phenolic OH excluding ortho intramolecular Hbond substituents is 1. The third-order valence-electron chi connectivity index (χ3n) is 8.57. The van der Waals surface area contributed by atoms with E-state index < -0.39 is 4.92 Å². The summed E-state index contributed by atoms with van der Waals surface area (Å²) in [4.78, 5) is 20.6. The van der Waals surface area contributed by atoms with Crippen LogP contribution in [0.2, 0.25) is 0 Å². The number of benzene rings is 2. The number of nitro groups is 1. The number of anilines is 1. The number of para-hydroxylation sites is 2. The van der Waals surface area contributed by atoms with E-state index in [0.29, 0.717) is 12.1 Å². The van der Waals surface area contributed by atoms with E-state index in [0.717, 1.165) is 87.6 Å². The van der Waals surface area contributed by atoms with Gasteiger partial charge in [0.25, 0.3) is 5.69 Å². The molecule has 1 saturated carbocycles. The van der Waals surface area contributed by atoms with E-state index in [1.54, 1.807) is 0 Å².